The third-order valence-corrected chi connectivity index (χ3v) is 2.31. The Hall–Kier alpha value is -0.460. The average molecular weight is 316 g/mol. The van der Waals surface area contributed by atoms with E-state index in [1.54, 1.807) is 12.1 Å². The fraction of sp³-hybridized carbons (Fsp3) is 0.333. The Morgan fingerprint density at radius 1 is 1.36 bits per heavy atom. The summed E-state index contributed by atoms with van der Waals surface area (Å²) in [7, 11) is 1.37. The molecule has 0 saturated carbocycles. The summed E-state index contributed by atoms with van der Waals surface area (Å²) in [6.07, 6.45) is -5.15. The van der Waals surface area contributed by atoms with E-state index in [2.05, 4.69) is 0 Å². The molecule has 0 N–H and O–H groups in total. The minimum atomic E-state index is -4.19. The first-order valence-corrected chi connectivity index (χ1v) is 4.89. The van der Waals surface area contributed by atoms with Crippen molar-refractivity contribution < 1.29 is 17.9 Å². The molecule has 14 heavy (non-hydrogen) atoms. The second kappa shape index (κ2) is 4.37. The number of benzene rings is 1. The van der Waals surface area contributed by atoms with Crippen molar-refractivity contribution in [2.75, 3.05) is 7.11 Å². The van der Waals surface area contributed by atoms with Crippen LogP contribution < -0.4 is 4.74 Å². The van der Waals surface area contributed by atoms with Gasteiger partial charge in [0, 0.05) is 9.13 Å². The molecular formula is C9H8F3IO. The first-order chi connectivity index (χ1) is 6.42. The Morgan fingerprint density at radius 2 is 2.00 bits per heavy atom. The zero-order chi connectivity index (χ0) is 10.8. The maximum absolute atomic E-state index is 12.1. The van der Waals surface area contributed by atoms with Gasteiger partial charge in [0.15, 0.2) is 0 Å². The van der Waals surface area contributed by atoms with Crippen LogP contribution in [0.4, 0.5) is 13.2 Å². The van der Waals surface area contributed by atoms with Crippen LogP contribution in [0.2, 0.25) is 0 Å². The van der Waals surface area contributed by atoms with Crippen LogP contribution in [0.25, 0.3) is 0 Å². The molecule has 0 fully saturated rings. The Balaban J connectivity index is 2.97. The molecule has 1 rings (SSSR count). The highest BCUT2D eigenvalue weighted by molar-refractivity contribution is 14.1. The molecule has 0 aliphatic rings. The van der Waals surface area contributed by atoms with Crippen molar-refractivity contribution in [3.05, 3.63) is 27.3 Å². The minimum Gasteiger partial charge on any atom is -0.496 e. The van der Waals surface area contributed by atoms with Gasteiger partial charge in [0.05, 0.1) is 13.5 Å². The summed E-state index contributed by atoms with van der Waals surface area (Å²) in [6.45, 7) is 0. The number of halogens is 4. The van der Waals surface area contributed by atoms with E-state index in [0.717, 1.165) is 3.57 Å². The number of methoxy groups -OCH3 is 1. The van der Waals surface area contributed by atoms with Crippen LogP contribution in [0.3, 0.4) is 0 Å². The summed E-state index contributed by atoms with van der Waals surface area (Å²) in [6, 6.07) is 4.65. The lowest BCUT2D eigenvalue weighted by Crippen LogP contribution is -2.12. The van der Waals surface area contributed by atoms with Gasteiger partial charge in [0.1, 0.15) is 5.75 Å². The average Bonchev–Trinajstić information content (AvgIpc) is 2.06. The van der Waals surface area contributed by atoms with Crippen molar-refractivity contribution in [2.45, 2.75) is 12.6 Å². The fourth-order valence-corrected chi connectivity index (χ4v) is 1.54. The van der Waals surface area contributed by atoms with Crippen molar-refractivity contribution >= 4 is 22.6 Å². The van der Waals surface area contributed by atoms with Gasteiger partial charge >= 0.3 is 6.18 Å². The Labute approximate surface area is 93.4 Å². The molecule has 0 bridgehead atoms. The van der Waals surface area contributed by atoms with Crippen LogP contribution >= 0.6 is 22.6 Å². The van der Waals surface area contributed by atoms with E-state index in [9.17, 15) is 13.2 Å². The number of rotatable bonds is 2. The van der Waals surface area contributed by atoms with Gasteiger partial charge in [-0.25, -0.2) is 0 Å². The molecular weight excluding hydrogens is 308 g/mol. The van der Waals surface area contributed by atoms with Crippen LogP contribution in [0.1, 0.15) is 5.56 Å². The van der Waals surface area contributed by atoms with Gasteiger partial charge in [-0.3, -0.25) is 0 Å². The SMILES string of the molecule is COc1cc(I)ccc1CC(F)(F)F. The first-order valence-electron chi connectivity index (χ1n) is 3.81. The largest absolute Gasteiger partial charge is 0.496 e. The van der Waals surface area contributed by atoms with Crippen molar-refractivity contribution in [3.63, 3.8) is 0 Å². The lowest BCUT2D eigenvalue weighted by Gasteiger charge is -2.10. The van der Waals surface area contributed by atoms with E-state index >= 15 is 0 Å². The van der Waals surface area contributed by atoms with Crippen LogP contribution in [-0.4, -0.2) is 13.3 Å². The van der Waals surface area contributed by atoms with Gasteiger partial charge in [-0.05, 0) is 34.7 Å². The summed E-state index contributed by atoms with van der Waals surface area (Å²) < 4.78 is 42.0. The topological polar surface area (TPSA) is 9.23 Å². The number of ether oxygens (including phenoxy) is 1. The van der Waals surface area contributed by atoms with Gasteiger partial charge in [-0.2, -0.15) is 13.2 Å². The maximum atomic E-state index is 12.1. The molecule has 0 aromatic heterocycles. The van der Waals surface area contributed by atoms with Gasteiger partial charge in [-0.15, -0.1) is 0 Å². The van der Waals surface area contributed by atoms with Gasteiger partial charge in [0.25, 0.3) is 0 Å². The van der Waals surface area contributed by atoms with Crippen molar-refractivity contribution in [2.24, 2.45) is 0 Å². The monoisotopic (exact) mass is 316 g/mol. The highest BCUT2D eigenvalue weighted by Gasteiger charge is 2.29. The Morgan fingerprint density at radius 3 is 2.50 bits per heavy atom. The fourth-order valence-electron chi connectivity index (χ4n) is 1.08. The number of hydrogen-bond donors (Lipinski definition) is 0. The molecule has 1 nitrogen and oxygen atoms in total. The minimum absolute atomic E-state index is 0.167. The van der Waals surface area contributed by atoms with E-state index in [1.165, 1.54) is 13.2 Å². The van der Waals surface area contributed by atoms with Crippen LogP contribution in [0.5, 0.6) is 5.75 Å². The predicted molar refractivity (Wildman–Crippen MR) is 55.5 cm³/mol. The molecule has 0 unspecified atom stereocenters. The van der Waals surface area contributed by atoms with E-state index in [1.807, 2.05) is 22.6 Å². The molecule has 78 valence electrons. The highest BCUT2D eigenvalue weighted by Crippen LogP contribution is 2.28. The summed E-state index contributed by atoms with van der Waals surface area (Å²) in [4.78, 5) is 0. The molecule has 5 heteroatoms. The Bertz CT molecular complexity index is 322. The smallest absolute Gasteiger partial charge is 0.393 e. The third kappa shape index (κ3) is 3.36. The molecule has 0 saturated heterocycles. The van der Waals surface area contributed by atoms with Crippen molar-refractivity contribution in [3.8, 4) is 5.75 Å². The van der Waals surface area contributed by atoms with Crippen molar-refractivity contribution in [1.29, 1.82) is 0 Å². The van der Waals surface area contributed by atoms with E-state index in [4.69, 9.17) is 4.74 Å². The zero-order valence-electron chi connectivity index (χ0n) is 7.36. The van der Waals surface area contributed by atoms with Crippen LogP contribution in [0, 0.1) is 3.57 Å². The summed E-state index contributed by atoms with van der Waals surface area (Å²) in [5.74, 6) is 0.286. The Kier molecular flexibility index (Phi) is 3.63. The third-order valence-electron chi connectivity index (χ3n) is 1.64. The molecule has 0 aliphatic carbocycles. The quantitative estimate of drug-likeness (QED) is 0.760. The molecule has 0 aliphatic heterocycles. The van der Waals surface area contributed by atoms with E-state index < -0.39 is 12.6 Å². The normalized spacial score (nSPS) is 11.5. The second-order valence-electron chi connectivity index (χ2n) is 2.75. The highest BCUT2D eigenvalue weighted by atomic mass is 127. The molecule has 0 amide bonds. The van der Waals surface area contributed by atoms with Gasteiger partial charge in [-0.1, -0.05) is 6.07 Å². The van der Waals surface area contributed by atoms with Crippen LogP contribution in [0.15, 0.2) is 18.2 Å². The molecule has 0 atom stereocenters. The zero-order valence-corrected chi connectivity index (χ0v) is 9.52. The summed E-state index contributed by atoms with van der Waals surface area (Å²) in [5, 5.41) is 0. The molecule has 0 spiro atoms. The van der Waals surface area contributed by atoms with Gasteiger partial charge < -0.3 is 4.74 Å². The lowest BCUT2D eigenvalue weighted by molar-refractivity contribution is -0.127. The van der Waals surface area contributed by atoms with Gasteiger partial charge in [0.2, 0.25) is 0 Å². The molecule has 0 radical (unpaired) electrons. The first kappa shape index (κ1) is 11.6. The van der Waals surface area contributed by atoms with E-state index in [-0.39, 0.29) is 11.3 Å². The van der Waals surface area contributed by atoms with Crippen LogP contribution in [-0.2, 0) is 6.42 Å². The van der Waals surface area contributed by atoms with E-state index in [0.29, 0.717) is 0 Å². The molecule has 1 aromatic rings. The number of alkyl halides is 3. The van der Waals surface area contributed by atoms with Crippen molar-refractivity contribution in [1.82, 2.24) is 0 Å². The standard InChI is InChI=1S/C9H8F3IO/c1-14-8-4-7(13)3-2-6(8)5-9(10,11)12/h2-4H,5H2,1H3. The lowest BCUT2D eigenvalue weighted by atomic mass is 10.1. The number of hydrogen-bond acceptors (Lipinski definition) is 1. The molecule has 0 heterocycles. The predicted octanol–water partition coefficient (Wildman–Crippen LogP) is 3.40. The summed E-state index contributed by atoms with van der Waals surface area (Å²) in [5.41, 5.74) is 0.167. The maximum Gasteiger partial charge on any atom is 0.393 e. The summed E-state index contributed by atoms with van der Waals surface area (Å²) >= 11 is 2.02. The second-order valence-corrected chi connectivity index (χ2v) is 3.99. The molecule has 1 aromatic carbocycles.